The van der Waals surface area contributed by atoms with Gasteiger partial charge in [-0.1, -0.05) is 168 Å². The average Bonchev–Trinajstić information content (AvgIpc) is 3.05. The van der Waals surface area contributed by atoms with Gasteiger partial charge in [0.2, 0.25) is 0 Å². The normalized spacial score (nSPS) is 12.6. The molecular formula is C40H81NO6P+. The summed E-state index contributed by atoms with van der Waals surface area (Å²) in [6.07, 6.45) is 33.2. The molecule has 0 amide bonds. The van der Waals surface area contributed by atoms with Gasteiger partial charge >= 0.3 is 11.9 Å². The Bertz CT molecular complexity index is 702. The molecule has 0 spiro atoms. The number of hydrogen-bond donors (Lipinski definition) is 0. The molecule has 0 aromatic carbocycles. The first-order valence-corrected chi connectivity index (χ1v) is 21.2. The van der Waals surface area contributed by atoms with Crippen LogP contribution in [0.2, 0.25) is 0 Å². The van der Waals surface area contributed by atoms with E-state index in [-0.39, 0.29) is 34.2 Å². The number of carbonyl (C=O) groups excluding carboxylic acids is 2. The molecule has 0 rings (SSSR count). The van der Waals surface area contributed by atoms with E-state index in [4.69, 9.17) is 18.5 Å². The van der Waals surface area contributed by atoms with Crippen molar-refractivity contribution in [1.82, 2.24) is 0 Å². The van der Waals surface area contributed by atoms with E-state index in [1.165, 1.54) is 141 Å². The third kappa shape index (κ3) is 38.1. The van der Waals surface area contributed by atoms with Gasteiger partial charge in [-0.25, -0.2) is 0 Å². The summed E-state index contributed by atoms with van der Waals surface area (Å²) in [6, 6.07) is 0. The average molecular weight is 703 g/mol. The van der Waals surface area contributed by atoms with Crippen molar-refractivity contribution in [2.24, 2.45) is 0 Å². The van der Waals surface area contributed by atoms with Crippen molar-refractivity contribution in [1.29, 1.82) is 0 Å². The van der Waals surface area contributed by atoms with Crippen LogP contribution < -0.4 is 0 Å². The molecule has 0 saturated carbocycles. The van der Waals surface area contributed by atoms with Crippen LogP contribution in [0.3, 0.4) is 0 Å². The first-order valence-electron chi connectivity index (χ1n) is 20.4. The first-order chi connectivity index (χ1) is 23.3. The fourth-order valence-electron chi connectivity index (χ4n) is 5.72. The molecule has 2 atom stereocenters. The molecule has 0 aliphatic heterocycles. The quantitative estimate of drug-likeness (QED) is 0.0276. The highest BCUT2D eigenvalue weighted by molar-refractivity contribution is 7.26. The molecule has 48 heavy (non-hydrogen) atoms. The summed E-state index contributed by atoms with van der Waals surface area (Å²) in [5.74, 6) is -0.467. The number of nitrogens with zero attached hydrogens (tertiary/aromatic N) is 1. The van der Waals surface area contributed by atoms with E-state index in [2.05, 4.69) is 35.0 Å². The second kappa shape index (κ2) is 36.1. The fraction of sp³-hybridized carbons (Fsp3) is 0.950. The summed E-state index contributed by atoms with van der Waals surface area (Å²) in [4.78, 5) is 25.0. The summed E-state index contributed by atoms with van der Waals surface area (Å²) < 4.78 is 23.3. The maximum atomic E-state index is 12.6. The molecule has 7 nitrogen and oxygen atoms in total. The van der Waals surface area contributed by atoms with Crippen LogP contribution in [0.4, 0.5) is 0 Å². The van der Waals surface area contributed by atoms with Crippen LogP contribution in [0.1, 0.15) is 194 Å². The predicted octanol–water partition coefficient (Wildman–Crippen LogP) is 11.7. The lowest BCUT2D eigenvalue weighted by Crippen LogP contribution is -2.37. The van der Waals surface area contributed by atoms with E-state index in [1.54, 1.807) is 0 Å². The summed E-state index contributed by atoms with van der Waals surface area (Å²) in [5.41, 5.74) is 0. The maximum Gasteiger partial charge on any atom is 0.306 e. The van der Waals surface area contributed by atoms with Crippen molar-refractivity contribution in [3.63, 3.8) is 0 Å². The van der Waals surface area contributed by atoms with E-state index in [0.29, 0.717) is 19.4 Å². The topological polar surface area (TPSA) is 71.1 Å². The van der Waals surface area contributed by atoms with Gasteiger partial charge < -0.3 is 23.0 Å². The highest BCUT2D eigenvalue weighted by Gasteiger charge is 2.18. The number of carbonyl (C=O) groups is 2. The van der Waals surface area contributed by atoms with Crippen molar-refractivity contribution < 1.29 is 32.6 Å². The van der Waals surface area contributed by atoms with Crippen LogP contribution in [0.25, 0.3) is 0 Å². The fourth-order valence-corrected chi connectivity index (χ4v) is 6.23. The second-order valence-corrected chi connectivity index (χ2v) is 15.8. The molecule has 0 aromatic heterocycles. The van der Waals surface area contributed by atoms with Gasteiger partial charge in [-0.2, -0.15) is 0 Å². The van der Waals surface area contributed by atoms with Crippen molar-refractivity contribution >= 4 is 21.0 Å². The Kier molecular flexibility index (Phi) is 35.5. The van der Waals surface area contributed by atoms with E-state index >= 15 is 0 Å². The zero-order chi connectivity index (χ0) is 35.4. The van der Waals surface area contributed by atoms with Gasteiger partial charge in [-0.05, 0) is 12.8 Å². The molecule has 0 fully saturated rings. The van der Waals surface area contributed by atoms with Gasteiger partial charge in [0.15, 0.2) is 15.1 Å². The molecule has 0 N–H and O–H groups in total. The zero-order valence-corrected chi connectivity index (χ0v) is 33.6. The minimum Gasteiger partial charge on any atom is -0.462 e. The van der Waals surface area contributed by atoms with Gasteiger partial charge in [-0.3, -0.25) is 9.59 Å². The zero-order valence-electron chi connectivity index (χ0n) is 32.6. The van der Waals surface area contributed by atoms with Gasteiger partial charge in [0.05, 0.1) is 27.7 Å². The highest BCUT2D eigenvalue weighted by Crippen LogP contribution is 2.17. The predicted molar refractivity (Wildman–Crippen MR) is 205 cm³/mol. The first kappa shape index (κ1) is 47.2. The lowest BCUT2D eigenvalue weighted by molar-refractivity contribution is -0.870. The van der Waals surface area contributed by atoms with Crippen LogP contribution in [-0.4, -0.2) is 70.0 Å². The Morgan fingerprint density at radius 1 is 0.500 bits per heavy atom. The minimum atomic E-state index is -0.607. The monoisotopic (exact) mass is 703 g/mol. The summed E-state index contributed by atoms with van der Waals surface area (Å²) in [6.45, 7) is 6.21. The molecule has 0 aliphatic carbocycles. The standard InChI is InChI=1S/C40H81NO6P/c1-6-8-10-12-14-16-18-20-22-24-26-28-30-32-39(42)44-36-38(37-46-48-45-35-34-41(3,4)5)47-40(43)33-31-29-27-25-23-21-19-17-15-13-11-9-7-2/h38,48H,6-37H2,1-5H3/q+1. The Labute approximate surface area is 300 Å². The van der Waals surface area contributed by atoms with E-state index < -0.39 is 6.10 Å². The Hall–Kier alpha value is -0.750. The van der Waals surface area contributed by atoms with Gasteiger partial charge in [0.1, 0.15) is 19.8 Å². The molecule has 286 valence electrons. The Morgan fingerprint density at radius 3 is 1.27 bits per heavy atom. The molecule has 0 aromatic rings. The largest absolute Gasteiger partial charge is 0.462 e. The van der Waals surface area contributed by atoms with E-state index in [9.17, 15) is 9.59 Å². The van der Waals surface area contributed by atoms with Gasteiger partial charge in [0.25, 0.3) is 0 Å². The summed E-state index contributed by atoms with van der Waals surface area (Å²) in [5, 5.41) is 0. The van der Waals surface area contributed by atoms with E-state index in [1.807, 2.05) is 0 Å². The number of hydrogen-bond acceptors (Lipinski definition) is 6. The molecule has 0 bridgehead atoms. The smallest absolute Gasteiger partial charge is 0.306 e. The highest BCUT2D eigenvalue weighted by atomic mass is 31.1. The van der Waals surface area contributed by atoms with E-state index in [0.717, 1.165) is 36.7 Å². The number of likely N-dealkylation sites (N-methyl/N-ethyl adjacent to an activating group) is 1. The molecule has 8 heteroatoms. The Balaban J connectivity index is 4.12. The Morgan fingerprint density at radius 2 is 0.875 bits per heavy atom. The van der Waals surface area contributed by atoms with Crippen LogP contribution >= 0.6 is 9.03 Å². The number of unbranched alkanes of at least 4 members (excludes halogenated alkanes) is 24. The summed E-state index contributed by atoms with van der Waals surface area (Å²) in [7, 11) is 6.22. The van der Waals surface area contributed by atoms with Crippen LogP contribution in [-0.2, 0) is 28.1 Å². The molecule has 2 unspecified atom stereocenters. The molecular weight excluding hydrogens is 621 g/mol. The molecule has 0 aliphatic rings. The van der Waals surface area contributed by atoms with Crippen molar-refractivity contribution in [3.8, 4) is 0 Å². The third-order valence-electron chi connectivity index (χ3n) is 8.95. The van der Waals surface area contributed by atoms with Crippen LogP contribution in [0.15, 0.2) is 0 Å². The number of ether oxygens (including phenoxy) is 2. The van der Waals surface area contributed by atoms with Gasteiger partial charge in [-0.15, -0.1) is 0 Å². The molecule has 0 heterocycles. The van der Waals surface area contributed by atoms with Crippen LogP contribution in [0.5, 0.6) is 0 Å². The molecule has 0 radical (unpaired) electrons. The minimum absolute atomic E-state index is 0.0327. The van der Waals surface area contributed by atoms with Crippen LogP contribution in [0, 0.1) is 0 Å². The lowest BCUT2D eigenvalue weighted by Gasteiger charge is -2.23. The summed E-state index contributed by atoms with van der Waals surface area (Å²) >= 11 is 0. The van der Waals surface area contributed by atoms with Gasteiger partial charge in [0, 0.05) is 12.8 Å². The van der Waals surface area contributed by atoms with Crippen molar-refractivity contribution in [2.75, 3.05) is 47.5 Å². The SMILES string of the molecule is CCCCCCCCCCCCCCCC(=O)OCC(COPOCC[N+](C)(C)C)OC(=O)CCCCCCCCCCCCCCC. The number of quaternary nitrogens is 1. The van der Waals surface area contributed by atoms with Crippen molar-refractivity contribution in [3.05, 3.63) is 0 Å². The molecule has 0 saturated heterocycles. The lowest BCUT2D eigenvalue weighted by atomic mass is 10.0. The number of rotatable bonds is 38. The van der Waals surface area contributed by atoms with Crippen molar-refractivity contribution in [2.45, 2.75) is 200 Å². The maximum absolute atomic E-state index is 12.6. The number of esters is 2. The third-order valence-corrected chi connectivity index (χ3v) is 9.55. The second-order valence-electron chi connectivity index (χ2n) is 15.0.